The van der Waals surface area contributed by atoms with Crippen molar-refractivity contribution in [1.29, 1.82) is 0 Å². The van der Waals surface area contributed by atoms with Crippen molar-refractivity contribution < 1.29 is 29.1 Å². The molecule has 0 saturated carbocycles. The number of oxime groups is 1. The van der Waals surface area contributed by atoms with Gasteiger partial charge in [0.1, 0.15) is 17.1 Å². The fourth-order valence-corrected chi connectivity index (χ4v) is 4.38. The van der Waals surface area contributed by atoms with Crippen molar-refractivity contribution in [3.63, 3.8) is 0 Å². The van der Waals surface area contributed by atoms with E-state index in [0.717, 1.165) is 11.3 Å². The molecule has 0 bridgehead atoms. The van der Waals surface area contributed by atoms with Crippen LogP contribution in [-0.4, -0.2) is 68.7 Å². The molecule has 150 valence electrons. The molecule has 3 heterocycles. The largest absolute Gasteiger partial charge is 0.478 e. The van der Waals surface area contributed by atoms with Gasteiger partial charge in [-0.3, -0.25) is 14.4 Å². The average Bonchev–Trinajstić information content (AvgIpc) is 3.17. The van der Waals surface area contributed by atoms with E-state index in [1.54, 1.807) is 0 Å². The molecule has 13 heteroatoms. The maximum absolute atomic E-state index is 12.7. The van der Waals surface area contributed by atoms with Crippen LogP contribution in [0.25, 0.3) is 0 Å². The van der Waals surface area contributed by atoms with E-state index >= 15 is 0 Å². The number of amides is 3. The summed E-state index contributed by atoms with van der Waals surface area (Å²) in [5.41, 5.74) is 0.0122. The number of rotatable bonds is 8. The number of hydrogen-bond donors (Lipinski definition) is 3. The molecule has 1 unspecified atom stereocenters. The molecule has 0 spiro atoms. The first-order chi connectivity index (χ1) is 14.0. The number of thiazole rings is 1. The number of thioether (sulfide) groups is 1. The highest BCUT2D eigenvalue weighted by Crippen LogP contribution is 2.36. The van der Waals surface area contributed by atoms with Crippen molar-refractivity contribution in [2.24, 2.45) is 5.16 Å². The Kier molecular flexibility index (Phi) is 6.15. The summed E-state index contributed by atoms with van der Waals surface area (Å²) in [7, 11) is 0. The van der Waals surface area contributed by atoms with E-state index in [9.17, 15) is 19.2 Å². The maximum Gasteiger partial charge on any atom is 0.333 e. The molecule has 0 radical (unpaired) electrons. The molecule has 0 aliphatic carbocycles. The minimum atomic E-state index is -1.10. The van der Waals surface area contributed by atoms with Crippen LogP contribution < -0.4 is 10.6 Å². The number of carboxylic acid groups (broad SMARTS) is 1. The summed E-state index contributed by atoms with van der Waals surface area (Å²) in [5.74, 6) is 0.139. The molecule has 11 nitrogen and oxygen atoms in total. The summed E-state index contributed by atoms with van der Waals surface area (Å²) >= 11 is 2.29. The van der Waals surface area contributed by atoms with Crippen molar-refractivity contribution in [3.8, 4) is 12.3 Å². The van der Waals surface area contributed by atoms with Gasteiger partial charge < -0.3 is 25.5 Å². The molecule has 3 N–H and O–H groups in total. The van der Waals surface area contributed by atoms with E-state index in [-0.39, 0.29) is 34.5 Å². The van der Waals surface area contributed by atoms with Crippen molar-refractivity contribution in [2.75, 3.05) is 17.7 Å². The summed E-state index contributed by atoms with van der Waals surface area (Å²) in [4.78, 5) is 56.8. The second-order valence-electron chi connectivity index (χ2n) is 5.58. The zero-order valence-corrected chi connectivity index (χ0v) is 16.2. The number of terminal acetylenes is 1. The Morgan fingerprint density at radius 1 is 1.55 bits per heavy atom. The SMILES string of the molecule is C#CCON=C(C(=O)NC1C(=O)N2C=C(C(=O)O)CS[C@H]12)c1csc(NC=O)n1. The minimum Gasteiger partial charge on any atom is -0.478 e. The molecular formula is C16H13N5O6S2. The number of carboxylic acids is 1. The van der Waals surface area contributed by atoms with Gasteiger partial charge in [-0.15, -0.1) is 29.5 Å². The van der Waals surface area contributed by atoms with Crippen molar-refractivity contribution in [1.82, 2.24) is 15.2 Å². The molecule has 3 amide bonds. The van der Waals surface area contributed by atoms with Crippen molar-refractivity contribution >= 4 is 58.1 Å². The van der Waals surface area contributed by atoms with Crippen LogP contribution in [0.15, 0.2) is 22.3 Å². The first-order valence-corrected chi connectivity index (χ1v) is 9.87. The van der Waals surface area contributed by atoms with Crippen LogP contribution in [0.3, 0.4) is 0 Å². The monoisotopic (exact) mass is 435 g/mol. The lowest BCUT2D eigenvalue weighted by Gasteiger charge is -2.46. The van der Waals surface area contributed by atoms with Gasteiger partial charge in [-0.2, -0.15) is 0 Å². The summed E-state index contributed by atoms with van der Waals surface area (Å²) in [5, 5.41) is 19.0. The van der Waals surface area contributed by atoms with Gasteiger partial charge >= 0.3 is 5.97 Å². The lowest BCUT2D eigenvalue weighted by molar-refractivity contribution is -0.144. The Hall–Kier alpha value is -3.37. The van der Waals surface area contributed by atoms with Crippen LogP contribution in [0.4, 0.5) is 5.13 Å². The number of carbonyl (C=O) groups excluding carboxylic acids is 3. The van der Waals surface area contributed by atoms with E-state index in [1.807, 2.05) is 0 Å². The lowest BCUT2D eigenvalue weighted by atomic mass is 10.1. The molecule has 1 fully saturated rings. The highest BCUT2D eigenvalue weighted by molar-refractivity contribution is 8.00. The standard InChI is InChI=1S/C16H13N5O6S2/c1-2-3-27-20-10(9-6-29-16(18-9)17-7-22)12(23)19-11-13(24)21-4-8(15(25)26)5-28-14(11)21/h1,4,6-7,11,14H,3,5H2,(H,19,23)(H,25,26)(H,17,18,22)/t11?,14-/m1/s1. The smallest absolute Gasteiger partial charge is 0.333 e. The van der Waals surface area contributed by atoms with E-state index in [2.05, 4.69) is 26.7 Å². The van der Waals surface area contributed by atoms with Gasteiger partial charge in [0.05, 0.1) is 5.57 Å². The van der Waals surface area contributed by atoms with Gasteiger partial charge in [-0.25, -0.2) is 9.78 Å². The van der Waals surface area contributed by atoms with Gasteiger partial charge in [0.15, 0.2) is 17.5 Å². The third-order valence-electron chi connectivity index (χ3n) is 3.79. The molecule has 3 rings (SSSR count). The minimum absolute atomic E-state index is 0.104. The lowest BCUT2D eigenvalue weighted by Crippen LogP contribution is -2.69. The van der Waals surface area contributed by atoms with Crippen LogP contribution in [0.2, 0.25) is 0 Å². The van der Waals surface area contributed by atoms with Crippen molar-refractivity contribution in [2.45, 2.75) is 11.4 Å². The average molecular weight is 435 g/mol. The number of carbonyl (C=O) groups is 4. The summed E-state index contributed by atoms with van der Waals surface area (Å²) in [6.45, 7) is -0.183. The van der Waals surface area contributed by atoms with Crippen LogP contribution in [-0.2, 0) is 24.0 Å². The highest BCUT2D eigenvalue weighted by atomic mass is 32.2. The van der Waals surface area contributed by atoms with E-state index in [0.29, 0.717) is 6.41 Å². The molecule has 1 aromatic rings. The fraction of sp³-hybridized carbons (Fsp3) is 0.250. The van der Waals surface area contributed by atoms with Gasteiger partial charge in [-0.1, -0.05) is 11.1 Å². The number of aromatic nitrogens is 1. The predicted octanol–water partition coefficient (Wildman–Crippen LogP) is -0.566. The third-order valence-corrected chi connectivity index (χ3v) is 5.89. The van der Waals surface area contributed by atoms with E-state index < -0.39 is 29.2 Å². The Morgan fingerprint density at radius 3 is 3.03 bits per heavy atom. The van der Waals surface area contributed by atoms with Crippen LogP contribution >= 0.6 is 23.1 Å². The quantitative estimate of drug-likeness (QED) is 0.123. The molecule has 1 saturated heterocycles. The van der Waals surface area contributed by atoms with Crippen LogP contribution in [0.1, 0.15) is 5.69 Å². The Labute approximate surface area is 172 Å². The number of nitrogens with one attached hydrogen (secondary N) is 2. The molecule has 2 aliphatic rings. The van der Waals surface area contributed by atoms with Crippen LogP contribution in [0.5, 0.6) is 0 Å². The molecule has 1 aromatic heterocycles. The van der Waals surface area contributed by atoms with Gasteiger partial charge in [0, 0.05) is 17.3 Å². The normalized spacial score (nSPS) is 20.5. The second-order valence-corrected chi connectivity index (χ2v) is 7.54. The van der Waals surface area contributed by atoms with Gasteiger partial charge in [0.25, 0.3) is 11.8 Å². The predicted molar refractivity (Wildman–Crippen MR) is 104 cm³/mol. The molecule has 2 atom stereocenters. The number of aliphatic carboxylic acids is 1. The zero-order chi connectivity index (χ0) is 21.0. The summed E-state index contributed by atoms with van der Waals surface area (Å²) in [6, 6.07) is -0.858. The second kappa shape index (κ2) is 8.76. The summed E-state index contributed by atoms with van der Waals surface area (Å²) in [6.07, 6.45) is 6.82. The van der Waals surface area contributed by atoms with E-state index in [4.69, 9.17) is 16.4 Å². The topological polar surface area (TPSA) is 150 Å². The molecular weight excluding hydrogens is 422 g/mol. The maximum atomic E-state index is 12.7. The number of β-lactam (4-membered cyclic amide) rings is 1. The van der Waals surface area contributed by atoms with Gasteiger partial charge in [0.2, 0.25) is 6.41 Å². The molecule has 2 aliphatic heterocycles. The summed E-state index contributed by atoms with van der Waals surface area (Å²) < 4.78 is 0. The Morgan fingerprint density at radius 2 is 2.34 bits per heavy atom. The molecule has 29 heavy (non-hydrogen) atoms. The first kappa shape index (κ1) is 20.4. The van der Waals surface area contributed by atoms with Gasteiger partial charge in [-0.05, 0) is 0 Å². The van der Waals surface area contributed by atoms with Crippen LogP contribution in [0, 0.1) is 12.3 Å². The van der Waals surface area contributed by atoms with Crippen molar-refractivity contribution in [3.05, 3.63) is 22.8 Å². The fourth-order valence-electron chi connectivity index (χ4n) is 2.48. The Bertz CT molecular complexity index is 965. The number of anilines is 1. The number of fused-ring (bicyclic) bond motifs is 1. The zero-order valence-electron chi connectivity index (χ0n) is 14.5. The highest BCUT2D eigenvalue weighted by Gasteiger charge is 2.50. The first-order valence-electron chi connectivity index (χ1n) is 7.94. The third kappa shape index (κ3) is 4.23. The van der Waals surface area contributed by atoms with E-state index in [1.165, 1.54) is 28.2 Å². The number of hydrogen-bond acceptors (Lipinski definition) is 9. The molecule has 0 aromatic carbocycles. The Balaban J connectivity index is 1.74. The number of nitrogens with zero attached hydrogens (tertiary/aromatic N) is 3.